The number of aromatic nitrogens is 3. The van der Waals surface area contributed by atoms with Gasteiger partial charge in [-0.1, -0.05) is 0 Å². The van der Waals surface area contributed by atoms with Gasteiger partial charge in [0.15, 0.2) is 11.5 Å². The molecule has 0 amide bonds. The highest BCUT2D eigenvalue weighted by atomic mass is 16.5. The van der Waals surface area contributed by atoms with Gasteiger partial charge in [-0.2, -0.15) is 0 Å². The summed E-state index contributed by atoms with van der Waals surface area (Å²) in [6, 6.07) is 3.96. The highest BCUT2D eigenvalue weighted by Gasteiger charge is 2.28. The zero-order valence-electron chi connectivity index (χ0n) is 13.1. The lowest BCUT2D eigenvalue weighted by Crippen LogP contribution is -2.35. The van der Waals surface area contributed by atoms with Crippen LogP contribution in [0.5, 0.6) is 11.5 Å². The van der Waals surface area contributed by atoms with Crippen LogP contribution in [0.4, 0.5) is 0 Å². The van der Waals surface area contributed by atoms with E-state index in [-0.39, 0.29) is 5.54 Å². The first-order valence-corrected chi connectivity index (χ1v) is 6.99. The molecule has 1 aromatic heterocycles. The zero-order chi connectivity index (χ0) is 15.7. The lowest BCUT2D eigenvalue weighted by Gasteiger charge is -2.30. The Bertz CT molecular complexity index is 707. The van der Waals surface area contributed by atoms with Crippen molar-refractivity contribution >= 4 is 5.84 Å². The molecule has 0 spiro atoms. The maximum absolute atomic E-state index is 5.40. The van der Waals surface area contributed by atoms with Crippen molar-refractivity contribution in [3.8, 4) is 11.5 Å². The number of nitrogens with zero attached hydrogens (tertiary/aromatic N) is 4. The quantitative estimate of drug-likeness (QED) is 0.932. The summed E-state index contributed by atoms with van der Waals surface area (Å²) < 4.78 is 12.5. The molecule has 3 rings (SSSR count). The predicted octanol–water partition coefficient (Wildman–Crippen LogP) is 1.62. The van der Waals surface area contributed by atoms with Crippen molar-refractivity contribution in [1.29, 1.82) is 0 Å². The Morgan fingerprint density at radius 3 is 2.36 bits per heavy atom. The van der Waals surface area contributed by atoms with Crippen LogP contribution in [0.2, 0.25) is 0 Å². The molecule has 0 unspecified atom stereocenters. The fraction of sp³-hybridized carbons (Fsp3) is 0.400. The van der Waals surface area contributed by atoms with Gasteiger partial charge < -0.3 is 9.47 Å². The second-order valence-corrected chi connectivity index (χ2v) is 5.79. The number of rotatable bonds is 3. The smallest absolute Gasteiger partial charge is 0.161 e. The Labute approximate surface area is 129 Å². The van der Waals surface area contributed by atoms with E-state index in [1.807, 2.05) is 12.1 Å². The van der Waals surface area contributed by atoms with E-state index in [4.69, 9.17) is 14.5 Å². The van der Waals surface area contributed by atoms with E-state index < -0.39 is 0 Å². The average Bonchev–Trinajstić information content (AvgIpc) is 2.97. The Morgan fingerprint density at radius 2 is 1.73 bits per heavy atom. The number of ether oxygens (including phenoxy) is 2. The molecule has 7 heteroatoms. The van der Waals surface area contributed by atoms with Gasteiger partial charge in [0.05, 0.1) is 19.8 Å². The van der Waals surface area contributed by atoms with Gasteiger partial charge in [-0.05, 0) is 38.0 Å². The van der Waals surface area contributed by atoms with E-state index in [2.05, 4.69) is 29.5 Å². The summed E-state index contributed by atoms with van der Waals surface area (Å²) in [5.74, 6) is 2.16. The maximum Gasteiger partial charge on any atom is 0.161 e. The van der Waals surface area contributed by atoms with Gasteiger partial charge in [-0.25, -0.2) is 4.68 Å². The zero-order valence-corrected chi connectivity index (χ0v) is 13.1. The lowest BCUT2D eigenvalue weighted by atomic mass is 9.88. The predicted molar refractivity (Wildman–Crippen MR) is 83.2 cm³/mol. The van der Waals surface area contributed by atoms with Crippen LogP contribution >= 0.6 is 0 Å². The van der Waals surface area contributed by atoms with Crippen LogP contribution in [0, 0.1) is 0 Å². The van der Waals surface area contributed by atoms with Crippen molar-refractivity contribution in [1.82, 2.24) is 14.9 Å². The normalized spacial score (nSPS) is 15.7. The third-order valence-electron chi connectivity index (χ3n) is 3.56. The molecule has 0 aliphatic carbocycles. The second kappa shape index (κ2) is 5.32. The molecule has 22 heavy (non-hydrogen) atoms. The molecular weight excluding hydrogens is 282 g/mol. The number of hydrogen-bond donors (Lipinski definition) is 1. The summed E-state index contributed by atoms with van der Waals surface area (Å²) in [5, 5.41) is 7.58. The first-order chi connectivity index (χ1) is 10.5. The van der Waals surface area contributed by atoms with Crippen LogP contribution in [0.25, 0.3) is 0 Å². The molecule has 1 aliphatic rings. The Morgan fingerprint density at radius 1 is 1.09 bits per heavy atom. The monoisotopic (exact) mass is 301 g/mol. The minimum atomic E-state index is -0.205. The highest BCUT2D eigenvalue weighted by Crippen LogP contribution is 2.35. The fourth-order valence-electron chi connectivity index (χ4n) is 2.62. The number of hydrogen-bond acceptors (Lipinski definition) is 6. The molecule has 0 radical (unpaired) electrons. The molecule has 0 fully saturated rings. The molecule has 116 valence electrons. The van der Waals surface area contributed by atoms with Crippen LogP contribution in [0.3, 0.4) is 0 Å². The van der Waals surface area contributed by atoms with Gasteiger partial charge in [-0.15, -0.1) is 10.2 Å². The molecule has 0 atom stereocenters. The SMILES string of the molecule is COc1cc2c(cc1OC)C(Nn1cnnc1)=NC(C)(C)C2. The van der Waals surface area contributed by atoms with Crippen LogP contribution in [0.1, 0.15) is 25.0 Å². The maximum atomic E-state index is 5.40. The first-order valence-electron chi connectivity index (χ1n) is 6.99. The van der Waals surface area contributed by atoms with Crippen molar-refractivity contribution < 1.29 is 9.47 Å². The average molecular weight is 301 g/mol. The van der Waals surface area contributed by atoms with Gasteiger partial charge in [0.2, 0.25) is 0 Å². The number of fused-ring (bicyclic) bond motifs is 1. The summed E-state index contributed by atoms with van der Waals surface area (Å²) in [6.45, 7) is 4.20. The fourth-order valence-corrected chi connectivity index (χ4v) is 2.62. The Hall–Kier alpha value is -2.57. The largest absolute Gasteiger partial charge is 0.493 e. The standard InChI is InChI=1S/C15H19N5O2/c1-15(2)7-10-5-12(21-3)13(22-4)6-11(10)14(18-15)19-20-8-16-17-9-20/h5-6,8-9H,7H2,1-4H3,(H,18,19). The molecule has 1 aliphatic heterocycles. The topological polar surface area (TPSA) is 73.6 Å². The van der Waals surface area contributed by atoms with Crippen molar-refractivity contribution in [2.24, 2.45) is 4.99 Å². The summed E-state index contributed by atoms with van der Waals surface area (Å²) in [5.41, 5.74) is 5.15. The van der Waals surface area contributed by atoms with E-state index in [9.17, 15) is 0 Å². The third-order valence-corrected chi connectivity index (χ3v) is 3.56. The van der Waals surface area contributed by atoms with Crippen LogP contribution < -0.4 is 14.9 Å². The van der Waals surface area contributed by atoms with Gasteiger partial charge in [0, 0.05) is 5.56 Å². The molecule has 2 aromatic rings. The van der Waals surface area contributed by atoms with E-state index in [0.29, 0.717) is 5.75 Å². The number of methoxy groups -OCH3 is 2. The summed E-state index contributed by atoms with van der Waals surface area (Å²) >= 11 is 0. The number of nitrogens with one attached hydrogen (secondary N) is 1. The first kappa shape index (κ1) is 14.4. The Balaban J connectivity index is 2.08. The van der Waals surface area contributed by atoms with E-state index in [1.54, 1.807) is 31.6 Å². The summed E-state index contributed by atoms with van der Waals surface area (Å²) in [6.07, 6.45) is 4.01. The van der Waals surface area contributed by atoms with Crippen molar-refractivity contribution in [3.05, 3.63) is 35.9 Å². The molecular formula is C15H19N5O2. The molecule has 2 heterocycles. The number of amidine groups is 1. The van der Waals surface area contributed by atoms with E-state index in [0.717, 1.165) is 29.1 Å². The molecule has 1 N–H and O–H groups in total. The molecule has 0 saturated heterocycles. The van der Waals surface area contributed by atoms with Crippen molar-refractivity contribution in [2.45, 2.75) is 25.8 Å². The third kappa shape index (κ3) is 2.61. The molecule has 0 bridgehead atoms. The van der Waals surface area contributed by atoms with E-state index >= 15 is 0 Å². The molecule has 0 saturated carbocycles. The molecule has 1 aromatic carbocycles. The number of aliphatic imine (C=N–C) groups is 1. The van der Waals surface area contributed by atoms with E-state index in [1.165, 1.54) is 0 Å². The minimum Gasteiger partial charge on any atom is -0.493 e. The number of benzene rings is 1. The van der Waals surface area contributed by atoms with Crippen molar-refractivity contribution in [3.63, 3.8) is 0 Å². The Kier molecular flexibility index (Phi) is 3.48. The highest BCUT2D eigenvalue weighted by molar-refractivity contribution is 6.07. The van der Waals surface area contributed by atoms with Crippen LogP contribution in [-0.4, -0.2) is 40.5 Å². The lowest BCUT2D eigenvalue weighted by molar-refractivity contribution is 0.353. The van der Waals surface area contributed by atoms with Gasteiger partial charge >= 0.3 is 0 Å². The van der Waals surface area contributed by atoms with Gasteiger partial charge in [0.1, 0.15) is 18.5 Å². The van der Waals surface area contributed by atoms with Crippen LogP contribution in [0.15, 0.2) is 29.8 Å². The second-order valence-electron chi connectivity index (χ2n) is 5.79. The molecule has 7 nitrogen and oxygen atoms in total. The van der Waals surface area contributed by atoms with Crippen LogP contribution in [-0.2, 0) is 6.42 Å². The van der Waals surface area contributed by atoms with Crippen molar-refractivity contribution in [2.75, 3.05) is 19.6 Å². The summed E-state index contributed by atoms with van der Waals surface area (Å²) in [4.78, 5) is 4.79. The summed E-state index contributed by atoms with van der Waals surface area (Å²) in [7, 11) is 3.27. The van der Waals surface area contributed by atoms with Gasteiger partial charge in [-0.3, -0.25) is 10.4 Å². The minimum absolute atomic E-state index is 0.205. The van der Waals surface area contributed by atoms with Gasteiger partial charge in [0.25, 0.3) is 0 Å².